The fourth-order valence-electron chi connectivity index (χ4n) is 1.36. The van der Waals surface area contributed by atoms with Gasteiger partial charge in [0.25, 0.3) is 0 Å². The molecule has 0 saturated carbocycles. The molecule has 1 heterocycles. The molecule has 1 fully saturated rings. The predicted octanol–water partition coefficient (Wildman–Crippen LogP) is -0.0625. The maximum absolute atomic E-state index is 11.7. The zero-order valence-electron chi connectivity index (χ0n) is 10.8. The van der Waals surface area contributed by atoms with Gasteiger partial charge in [0.2, 0.25) is 0 Å². The zero-order chi connectivity index (χ0) is 13.1. The topological polar surface area (TPSA) is 67.9 Å². The fourth-order valence-corrected chi connectivity index (χ4v) is 1.36. The highest BCUT2D eigenvalue weighted by Gasteiger charge is 2.31. The standard InChI is InChI=1S/C11H20N2O4/c1-11(2,3)10(15)17-13-6-5-12-8(7-13)9(14)16-4/h8,12H,5-7H2,1-4H3/t8-/m1/s1. The molecule has 17 heavy (non-hydrogen) atoms. The van der Waals surface area contributed by atoms with E-state index in [2.05, 4.69) is 10.1 Å². The maximum Gasteiger partial charge on any atom is 0.330 e. The third kappa shape index (κ3) is 3.98. The molecular formula is C11H20N2O4. The first-order valence-corrected chi connectivity index (χ1v) is 5.63. The third-order valence-corrected chi connectivity index (χ3v) is 2.45. The van der Waals surface area contributed by atoms with E-state index in [4.69, 9.17) is 4.84 Å². The van der Waals surface area contributed by atoms with Crippen LogP contribution in [0.3, 0.4) is 0 Å². The summed E-state index contributed by atoms with van der Waals surface area (Å²) in [5.41, 5.74) is -0.550. The number of piperazine rings is 1. The number of hydrogen-bond acceptors (Lipinski definition) is 6. The highest BCUT2D eigenvalue weighted by Crippen LogP contribution is 2.16. The number of ether oxygens (including phenoxy) is 1. The predicted molar refractivity (Wildman–Crippen MR) is 60.9 cm³/mol. The van der Waals surface area contributed by atoms with E-state index in [1.807, 2.05) is 0 Å². The number of nitrogens with one attached hydrogen (secondary N) is 1. The van der Waals surface area contributed by atoms with Crippen molar-refractivity contribution in [3.05, 3.63) is 0 Å². The van der Waals surface area contributed by atoms with Crippen molar-refractivity contribution in [3.63, 3.8) is 0 Å². The van der Waals surface area contributed by atoms with Gasteiger partial charge in [-0.05, 0) is 20.8 Å². The van der Waals surface area contributed by atoms with Crippen molar-refractivity contribution in [1.29, 1.82) is 0 Å². The summed E-state index contributed by atoms with van der Waals surface area (Å²) in [5, 5.41) is 4.51. The number of hydrogen-bond donors (Lipinski definition) is 1. The SMILES string of the molecule is COC(=O)[C@H]1CN(OC(=O)C(C)(C)C)CCN1. The number of carbonyl (C=O) groups excluding carboxylic acids is 2. The number of rotatable bonds is 2. The Kier molecular flexibility index (Phi) is 4.47. The van der Waals surface area contributed by atoms with Crippen LogP contribution < -0.4 is 5.32 Å². The van der Waals surface area contributed by atoms with Crippen LogP contribution in [0.15, 0.2) is 0 Å². The van der Waals surface area contributed by atoms with Crippen molar-refractivity contribution in [1.82, 2.24) is 10.4 Å². The molecule has 0 aromatic rings. The van der Waals surface area contributed by atoms with Crippen LogP contribution in [0.1, 0.15) is 20.8 Å². The first-order chi connectivity index (χ1) is 7.84. The normalized spacial score (nSPS) is 22.0. The molecule has 0 amide bonds. The average molecular weight is 244 g/mol. The molecule has 98 valence electrons. The Morgan fingerprint density at radius 2 is 2.00 bits per heavy atom. The first kappa shape index (κ1) is 13.9. The maximum atomic E-state index is 11.7. The summed E-state index contributed by atoms with van der Waals surface area (Å²) in [6.45, 7) is 6.82. The van der Waals surface area contributed by atoms with Crippen molar-refractivity contribution < 1.29 is 19.2 Å². The molecule has 1 atom stereocenters. The van der Waals surface area contributed by atoms with Gasteiger partial charge in [0.15, 0.2) is 0 Å². The quantitative estimate of drug-likeness (QED) is 0.686. The van der Waals surface area contributed by atoms with Gasteiger partial charge in [0.1, 0.15) is 6.04 Å². The summed E-state index contributed by atoms with van der Waals surface area (Å²) < 4.78 is 4.64. The van der Waals surface area contributed by atoms with Gasteiger partial charge in [-0.2, -0.15) is 0 Å². The summed E-state index contributed by atoms with van der Waals surface area (Å²) in [6.07, 6.45) is 0. The minimum absolute atomic E-state index is 0.303. The lowest BCUT2D eigenvalue weighted by molar-refractivity contribution is -0.206. The molecule has 0 unspecified atom stereocenters. The highest BCUT2D eigenvalue weighted by molar-refractivity contribution is 5.76. The van der Waals surface area contributed by atoms with Gasteiger partial charge in [-0.3, -0.25) is 4.79 Å². The van der Waals surface area contributed by atoms with Crippen LogP contribution in [0, 0.1) is 5.41 Å². The molecule has 1 aliphatic rings. The highest BCUT2D eigenvalue weighted by atomic mass is 16.7. The average Bonchev–Trinajstić information content (AvgIpc) is 2.27. The molecule has 0 aromatic heterocycles. The lowest BCUT2D eigenvalue weighted by atomic mass is 9.98. The van der Waals surface area contributed by atoms with Gasteiger partial charge < -0.3 is 14.9 Å². The van der Waals surface area contributed by atoms with Gasteiger partial charge in [0.05, 0.1) is 19.1 Å². The largest absolute Gasteiger partial charge is 0.468 e. The molecule has 1 N–H and O–H groups in total. The van der Waals surface area contributed by atoms with Crippen LogP contribution in [0.4, 0.5) is 0 Å². The lowest BCUT2D eigenvalue weighted by Gasteiger charge is -2.32. The molecule has 0 bridgehead atoms. The molecule has 0 aromatic carbocycles. The van der Waals surface area contributed by atoms with E-state index in [9.17, 15) is 9.59 Å². The summed E-state index contributed by atoms with van der Waals surface area (Å²) in [7, 11) is 1.34. The second kappa shape index (κ2) is 5.46. The van der Waals surface area contributed by atoms with Gasteiger partial charge in [-0.1, -0.05) is 0 Å². The Morgan fingerprint density at radius 1 is 1.35 bits per heavy atom. The summed E-state index contributed by atoms with van der Waals surface area (Å²) in [5.74, 6) is -0.649. The Balaban J connectivity index is 2.50. The molecule has 0 aliphatic carbocycles. The Labute approximate surface area is 101 Å². The van der Waals surface area contributed by atoms with Crippen LogP contribution in [-0.2, 0) is 19.2 Å². The Bertz CT molecular complexity index is 298. The van der Waals surface area contributed by atoms with Crippen LogP contribution in [-0.4, -0.2) is 49.8 Å². The van der Waals surface area contributed by atoms with Crippen LogP contribution >= 0.6 is 0 Å². The zero-order valence-corrected chi connectivity index (χ0v) is 10.8. The second-order valence-corrected chi connectivity index (χ2v) is 5.05. The molecule has 6 heteroatoms. The number of esters is 1. The van der Waals surface area contributed by atoms with E-state index < -0.39 is 11.5 Å². The molecule has 0 radical (unpaired) electrons. The molecule has 1 saturated heterocycles. The van der Waals surface area contributed by atoms with Gasteiger partial charge in [-0.25, -0.2) is 4.79 Å². The summed E-state index contributed by atoms with van der Waals surface area (Å²) >= 11 is 0. The van der Waals surface area contributed by atoms with Crippen LogP contribution in [0.25, 0.3) is 0 Å². The van der Waals surface area contributed by atoms with Gasteiger partial charge >= 0.3 is 11.9 Å². The van der Waals surface area contributed by atoms with Crippen molar-refractivity contribution in [2.75, 3.05) is 26.7 Å². The summed E-state index contributed by atoms with van der Waals surface area (Å²) in [6, 6.07) is -0.443. The molecule has 6 nitrogen and oxygen atoms in total. The smallest absolute Gasteiger partial charge is 0.330 e. The van der Waals surface area contributed by atoms with E-state index in [1.165, 1.54) is 12.2 Å². The minimum Gasteiger partial charge on any atom is -0.468 e. The first-order valence-electron chi connectivity index (χ1n) is 5.63. The Hall–Kier alpha value is -1.14. The number of methoxy groups -OCH3 is 1. The van der Waals surface area contributed by atoms with E-state index >= 15 is 0 Å². The molecular weight excluding hydrogens is 224 g/mol. The Morgan fingerprint density at radius 3 is 2.53 bits per heavy atom. The number of nitrogens with zero attached hydrogens (tertiary/aromatic N) is 1. The van der Waals surface area contributed by atoms with E-state index in [0.717, 1.165) is 0 Å². The number of hydroxylamine groups is 2. The van der Waals surface area contributed by atoms with Gasteiger partial charge in [-0.15, -0.1) is 5.06 Å². The van der Waals surface area contributed by atoms with E-state index in [0.29, 0.717) is 19.6 Å². The summed E-state index contributed by atoms with van der Waals surface area (Å²) in [4.78, 5) is 28.2. The molecule has 1 rings (SSSR count). The molecule has 0 spiro atoms. The van der Waals surface area contributed by atoms with Crippen molar-refractivity contribution in [3.8, 4) is 0 Å². The van der Waals surface area contributed by atoms with E-state index in [1.54, 1.807) is 20.8 Å². The monoisotopic (exact) mass is 244 g/mol. The van der Waals surface area contributed by atoms with Crippen molar-refractivity contribution in [2.45, 2.75) is 26.8 Å². The van der Waals surface area contributed by atoms with Crippen LogP contribution in [0.5, 0.6) is 0 Å². The molecule has 1 aliphatic heterocycles. The van der Waals surface area contributed by atoms with Gasteiger partial charge in [0, 0.05) is 13.1 Å². The lowest BCUT2D eigenvalue weighted by Crippen LogP contribution is -2.55. The minimum atomic E-state index is -0.550. The van der Waals surface area contributed by atoms with E-state index in [-0.39, 0.29) is 11.9 Å². The van der Waals surface area contributed by atoms with Crippen LogP contribution in [0.2, 0.25) is 0 Å². The van der Waals surface area contributed by atoms with Crippen molar-refractivity contribution in [2.24, 2.45) is 5.41 Å². The second-order valence-electron chi connectivity index (χ2n) is 5.05. The third-order valence-electron chi connectivity index (χ3n) is 2.45. The fraction of sp³-hybridized carbons (Fsp3) is 0.818. The number of carbonyl (C=O) groups is 2. The van der Waals surface area contributed by atoms with Crippen molar-refractivity contribution >= 4 is 11.9 Å².